The van der Waals surface area contributed by atoms with Crippen molar-refractivity contribution in [3.63, 3.8) is 0 Å². The van der Waals surface area contributed by atoms with Crippen LogP contribution in [0.5, 0.6) is 0 Å². The van der Waals surface area contributed by atoms with Crippen LogP contribution in [0.25, 0.3) is 0 Å². The number of hydrogen-bond donors (Lipinski definition) is 2. The van der Waals surface area contributed by atoms with E-state index in [0.717, 1.165) is 24.9 Å². The van der Waals surface area contributed by atoms with E-state index < -0.39 is 6.10 Å². The number of urea groups is 1. The smallest absolute Gasteiger partial charge is 0.317 e. The first-order valence-electron chi connectivity index (χ1n) is 8.45. The highest BCUT2D eigenvalue weighted by Gasteiger charge is 2.31. The third-order valence-corrected chi connectivity index (χ3v) is 4.70. The third-order valence-electron chi connectivity index (χ3n) is 4.70. The molecule has 1 aliphatic rings. The van der Waals surface area contributed by atoms with Gasteiger partial charge in [0.1, 0.15) is 11.9 Å². The second-order valence-corrected chi connectivity index (χ2v) is 6.34. The second-order valence-electron chi connectivity index (χ2n) is 6.34. The molecule has 2 unspecified atom stereocenters. The largest absolute Gasteiger partial charge is 0.467 e. The van der Waals surface area contributed by atoms with Crippen LogP contribution in [0.3, 0.4) is 0 Å². The molecule has 1 aromatic heterocycles. The zero-order chi connectivity index (χ0) is 16.9. The molecule has 24 heavy (non-hydrogen) atoms. The average Bonchev–Trinajstić information content (AvgIpc) is 3.25. The van der Waals surface area contributed by atoms with E-state index in [0.29, 0.717) is 18.7 Å². The molecule has 1 aliphatic heterocycles. The molecule has 2 amide bonds. The van der Waals surface area contributed by atoms with Gasteiger partial charge < -0.3 is 19.7 Å². The maximum absolute atomic E-state index is 12.5. The molecule has 1 saturated heterocycles. The number of aliphatic hydroxyl groups excluding tert-OH is 1. The predicted octanol–water partition coefficient (Wildman–Crippen LogP) is 3.39. The summed E-state index contributed by atoms with van der Waals surface area (Å²) < 4.78 is 5.25. The van der Waals surface area contributed by atoms with Gasteiger partial charge in [-0.1, -0.05) is 24.3 Å². The minimum absolute atomic E-state index is 0.0435. The van der Waals surface area contributed by atoms with Crippen molar-refractivity contribution in [1.82, 2.24) is 10.2 Å². The number of aliphatic hydroxyl groups is 1. The minimum Gasteiger partial charge on any atom is -0.467 e. The van der Waals surface area contributed by atoms with Gasteiger partial charge in [-0.15, -0.1) is 0 Å². The number of likely N-dealkylation sites (tertiary alicyclic amines) is 1. The van der Waals surface area contributed by atoms with Gasteiger partial charge >= 0.3 is 6.03 Å². The van der Waals surface area contributed by atoms with E-state index in [1.54, 1.807) is 18.4 Å². The van der Waals surface area contributed by atoms with Crippen molar-refractivity contribution in [3.8, 4) is 0 Å². The normalized spacial score (nSPS) is 18.6. The number of nitrogens with one attached hydrogen (secondary N) is 1. The highest BCUT2D eigenvalue weighted by Crippen LogP contribution is 2.27. The summed E-state index contributed by atoms with van der Waals surface area (Å²) in [6, 6.07) is 11.6. The summed E-state index contributed by atoms with van der Waals surface area (Å²) in [7, 11) is 0. The lowest BCUT2D eigenvalue weighted by Gasteiger charge is -2.26. The first-order chi connectivity index (χ1) is 11.6. The highest BCUT2D eigenvalue weighted by atomic mass is 16.4. The Hall–Kier alpha value is -2.27. The summed E-state index contributed by atoms with van der Waals surface area (Å²) in [5.41, 5.74) is 2.29. The van der Waals surface area contributed by atoms with E-state index in [4.69, 9.17) is 4.42 Å². The summed E-state index contributed by atoms with van der Waals surface area (Å²) in [5, 5.41) is 13.3. The molecule has 0 bridgehead atoms. The molecular weight excluding hydrogens is 304 g/mol. The Balaban J connectivity index is 1.56. The predicted molar refractivity (Wildman–Crippen MR) is 91.4 cm³/mol. The minimum atomic E-state index is -0.672. The molecule has 0 spiro atoms. The van der Waals surface area contributed by atoms with Crippen molar-refractivity contribution < 1.29 is 14.3 Å². The first kappa shape index (κ1) is 16.6. The van der Waals surface area contributed by atoms with Crippen molar-refractivity contribution in [2.75, 3.05) is 6.54 Å². The molecule has 2 N–H and O–H groups in total. The topological polar surface area (TPSA) is 65.7 Å². The lowest BCUT2D eigenvalue weighted by atomic mass is 10.1. The second kappa shape index (κ2) is 7.53. The van der Waals surface area contributed by atoms with E-state index in [2.05, 4.69) is 5.32 Å². The fraction of sp³-hybridized carbons (Fsp3) is 0.421. The third kappa shape index (κ3) is 3.79. The molecule has 5 heteroatoms. The van der Waals surface area contributed by atoms with Crippen LogP contribution in [0.1, 0.15) is 42.3 Å². The van der Waals surface area contributed by atoms with Crippen LogP contribution in [0.2, 0.25) is 0 Å². The van der Waals surface area contributed by atoms with Crippen LogP contribution in [-0.2, 0) is 6.54 Å². The Morgan fingerprint density at radius 2 is 2.21 bits per heavy atom. The lowest BCUT2D eigenvalue weighted by Crippen LogP contribution is -2.43. The molecule has 1 fully saturated rings. The quantitative estimate of drug-likeness (QED) is 0.884. The fourth-order valence-corrected chi connectivity index (χ4v) is 3.28. The van der Waals surface area contributed by atoms with Gasteiger partial charge in [-0.2, -0.15) is 0 Å². The van der Waals surface area contributed by atoms with E-state index in [9.17, 15) is 9.90 Å². The summed E-state index contributed by atoms with van der Waals surface area (Å²) in [6.07, 6.45) is 3.27. The van der Waals surface area contributed by atoms with Gasteiger partial charge in [0.25, 0.3) is 0 Å². The number of carbonyl (C=O) groups is 1. The highest BCUT2D eigenvalue weighted by molar-refractivity contribution is 5.74. The number of nitrogens with zero attached hydrogens (tertiary/aromatic N) is 1. The molecular formula is C19H24N2O3. The van der Waals surface area contributed by atoms with E-state index in [1.165, 1.54) is 5.56 Å². The summed E-state index contributed by atoms with van der Waals surface area (Å²) in [6.45, 7) is 3.30. The zero-order valence-corrected chi connectivity index (χ0v) is 13.9. The molecule has 0 aliphatic carbocycles. The van der Waals surface area contributed by atoms with Gasteiger partial charge in [0.2, 0.25) is 0 Å². The molecule has 2 heterocycles. The van der Waals surface area contributed by atoms with Crippen LogP contribution < -0.4 is 5.32 Å². The van der Waals surface area contributed by atoms with Crippen molar-refractivity contribution in [2.45, 2.75) is 44.9 Å². The maximum Gasteiger partial charge on any atom is 0.317 e. The van der Waals surface area contributed by atoms with Gasteiger partial charge in [0.15, 0.2) is 0 Å². The van der Waals surface area contributed by atoms with Crippen molar-refractivity contribution in [1.29, 1.82) is 0 Å². The Bertz CT molecular complexity index is 669. The van der Waals surface area contributed by atoms with Crippen molar-refractivity contribution in [3.05, 3.63) is 59.5 Å². The number of hydrogen-bond acceptors (Lipinski definition) is 3. The number of benzene rings is 1. The molecule has 1 aromatic carbocycles. The average molecular weight is 328 g/mol. The fourth-order valence-electron chi connectivity index (χ4n) is 3.28. The molecule has 5 nitrogen and oxygen atoms in total. The molecule has 0 radical (unpaired) electrons. The molecule has 0 saturated carbocycles. The van der Waals surface area contributed by atoms with Gasteiger partial charge in [-0.05, 0) is 43.0 Å². The monoisotopic (exact) mass is 328 g/mol. The van der Waals surface area contributed by atoms with Crippen LogP contribution in [0.15, 0.2) is 47.1 Å². The molecule has 2 atom stereocenters. The maximum atomic E-state index is 12.5. The number of carbonyl (C=O) groups excluding carboxylic acids is 1. The number of furan rings is 1. The van der Waals surface area contributed by atoms with Gasteiger partial charge in [-0.3, -0.25) is 0 Å². The Kier molecular flexibility index (Phi) is 5.20. The lowest BCUT2D eigenvalue weighted by molar-refractivity contribution is 0.108. The Labute approximate surface area is 142 Å². The standard InChI is InChI=1S/C19H24N2O3/c1-14-6-2-3-7-15(14)13-20-19(23)21-10-4-8-16(21)12-17(22)18-9-5-11-24-18/h2-3,5-7,9,11,16-17,22H,4,8,10,12-13H2,1H3,(H,20,23). The van der Waals surface area contributed by atoms with E-state index in [1.807, 2.05) is 36.1 Å². The first-order valence-corrected chi connectivity index (χ1v) is 8.45. The number of rotatable bonds is 5. The van der Waals surface area contributed by atoms with Crippen molar-refractivity contribution >= 4 is 6.03 Å². The summed E-state index contributed by atoms with van der Waals surface area (Å²) in [5.74, 6) is 0.558. The van der Waals surface area contributed by atoms with E-state index >= 15 is 0 Å². The molecule has 2 aromatic rings. The van der Waals surface area contributed by atoms with Crippen LogP contribution in [-0.4, -0.2) is 28.6 Å². The Morgan fingerprint density at radius 1 is 1.38 bits per heavy atom. The molecule has 128 valence electrons. The summed E-state index contributed by atoms with van der Waals surface area (Å²) >= 11 is 0. The number of aryl methyl sites for hydroxylation is 1. The van der Waals surface area contributed by atoms with E-state index in [-0.39, 0.29) is 12.1 Å². The zero-order valence-electron chi connectivity index (χ0n) is 13.9. The van der Waals surface area contributed by atoms with Crippen LogP contribution >= 0.6 is 0 Å². The number of amides is 2. The van der Waals surface area contributed by atoms with Crippen molar-refractivity contribution in [2.24, 2.45) is 0 Å². The SMILES string of the molecule is Cc1ccccc1CNC(=O)N1CCCC1CC(O)c1ccco1. The van der Waals surface area contributed by atoms with Gasteiger partial charge in [0.05, 0.1) is 6.26 Å². The van der Waals surface area contributed by atoms with Crippen LogP contribution in [0, 0.1) is 6.92 Å². The van der Waals surface area contributed by atoms with Gasteiger partial charge in [0, 0.05) is 25.6 Å². The molecule has 3 rings (SSSR count). The Morgan fingerprint density at radius 3 is 2.96 bits per heavy atom. The van der Waals surface area contributed by atoms with Gasteiger partial charge in [-0.25, -0.2) is 4.79 Å². The van der Waals surface area contributed by atoms with Crippen LogP contribution in [0.4, 0.5) is 4.79 Å². The summed E-state index contributed by atoms with van der Waals surface area (Å²) in [4.78, 5) is 14.4.